The summed E-state index contributed by atoms with van der Waals surface area (Å²) in [6, 6.07) is 0. The van der Waals surface area contributed by atoms with Gasteiger partial charge >= 0.3 is 0 Å². The highest BCUT2D eigenvalue weighted by Gasteiger charge is 2.31. The summed E-state index contributed by atoms with van der Waals surface area (Å²) < 4.78 is 5.27. The van der Waals surface area contributed by atoms with Gasteiger partial charge in [-0.2, -0.15) is 0 Å². The van der Waals surface area contributed by atoms with Crippen LogP contribution < -0.4 is 0 Å². The van der Waals surface area contributed by atoms with Crippen LogP contribution in [-0.2, 0) is 4.74 Å². The lowest BCUT2D eigenvalue weighted by molar-refractivity contribution is -0.0954. The second-order valence-electron chi connectivity index (χ2n) is 3.06. The van der Waals surface area contributed by atoms with Gasteiger partial charge in [0.05, 0.1) is 18.8 Å². The first-order valence-electron chi connectivity index (χ1n) is 4.72. The molecule has 0 aromatic carbocycles. The van der Waals surface area contributed by atoms with Crippen molar-refractivity contribution in [1.82, 2.24) is 0 Å². The first-order valence-corrected chi connectivity index (χ1v) is 4.72. The van der Waals surface area contributed by atoms with Crippen LogP contribution in [0.5, 0.6) is 0 Å². The maximum atomic E-state index is 10.0. The van der Waals surface area contributed by atoms with Crippen LogP contribution in [0, 0.1) is 0 Å². The van der Waals surface area contributed by atoms with Crippen LogP contribution in [0.25, 0.3) is 0 Å². The number of aliphatic hydroxyl groups excluding tert-OH is 1. The minimum atomic E-state index is -0.850. The third kappa shape index (κ3) is 3.46. The molecule has 0 saturated carbocycles. The van der Waals surface area contributed by atoms with Crippen LogP contribution in [0.3, 0.4) is 0 Å². The SMILES string of the molecule is C=CC(OCCO)C(O)(CC)CC. The largest absolute Gasteiger partial charge is 0.394 e. The van der Waals surface area contributed by atoms with E-state index >= 15 is 0 Å². The summed E-state index contributed by atoms with van der Waals surface area (Å²) in [5.41, 5.74) is -0.850. The molecule has 0 aliphatic carbocycles. The molecular weight excluding hydrogens is 168 g/mol. The molecule has 0 radical (unpaired) electrons. The molecule has 3 nitrogen and oxygen atoms in total. The zero-order valence-electron chi connectivity index (χ0n) is 8.49. The molecule has 0 amide bonds. The van der Waals surface area contributed by atoms with Gasteiger partial charge in [0, 0.05) is 0 Å². The van der Waals surface area contributed by atoms with Gasteiger partial charge < -0.3 is 14.9 Å². The Morgan fingerprint density at radius 3 is 2.31 bits per heavy atom. The van der Waals surface area contributed by atoms with Crippen molar-refractivity contribution in [3.8, 4) is 0 Å². The van der Waals surface area contributed by atoms with Crippen molar-refractivity contribution in [2.75, 3.05) is 13.2 Å². The molecule has 0 saturated heterocycles. The molecule has 2 N–H and O–H groups in total. The van der Waals surface area contributed by atoms with Gasteiger partial charge in [0.25, 0.3) is 0 Å². The summed E-state index contributed by atoms with van der Waals surface area (Å²) in [4.78, 5) is 0. The van der Waals surface area contributed by atoms with E-state index in [0.29, 0.717) is 12.8 Å². The lowest BCUT2D eigenvalue weighted by atomic mass is 9.90. The molecule has 0 spiro atoms. The maximum absolute atomic E-state index is 10.0. The molecule has 0 aliphatic rings. The molecule has 0 bridgehead atoms. The van der Waals surface area contributed by atoms with Crippen LogP contribution in [0.1, 0.15) is 26.7 Å². The van der Waals surface area contributed by atoms with E-state index in [1.807, 2.05) is 13.8 Å². The lowest BCUT2D eigenvalue weighted by Gasteiger charge is -2.32. The Morgan fingerprint density at radius 1 is 1.46 bits per heavy atom. The Labute approximate surface area is 80.0 Å². The lowest BCUT2D eigenvalue weighted by Crippen LogP contribution is -2.42. The molecule has 0 fully saturated rings. The van der Waals surface area contributed by atoms with E-state index in [2.05, 4.69) is 6.58 Å². The minimum absolute atomic E-state index is 0.0339. The van der Waals surface area contributed by atoms with Gasteiger partial charge in [0.1, 0.15) is 6.10 Å². The average Bonchev–Trinajstić information content (AvgIpc) is 2.18. The van der Waals surface area contributed by atoms with Gasteiger partial charge in [0.2, 0.25) is 0 Å². The molecule has 0 rings (SSSR count). The Morgan fingerprint density at radius 2 is 2.00 bits per heavy atom. The summed E-state index contributed by atoms with van der Waals surface area (Å²) >= 11 is 0. The molecule has 0 heterocycles. The zero-order chi connectivity index (χ0) is 10.3. The minimum Gasteiger partial charge on any atom is -0.394 e. The highest BCUT2D eigenvalue weighted by atomic mass is 16.5. The molecule has 3 heteroatoms. The van der Waals surface area contributed by atoms with Crippen molar-refractivity contribution in [2.24, 2.45) is 0 Å². The molecular formula is C10H20O3. The fraction of sp³-hybridized carbons (Fsp3) is 0.800. The average molecular weight is 188 g/mol. The topological polar surface area (TPSA) is 49.7 Å². The van der Waals surface area contributed by atoms with Gasteiger partial charge in [-0.15, -0.1) is 6.58 Å². The number of hydrogen-bond donors (Lipinski definition) is 2. The molecule has 0 aliphatic heterocycles. The predicted octanol–water partition coefficient (Wildman–Crippen LogP) is 1.10. The van der Waals surface area contributed by atoms with E-state index in [1.54, 1.807) is 6.08 Å². The van der Waals surface area contributed by atoms with Crippen LogP contribution >= 0.6 is 0 Å². The van der Waals surface area contributed by atoms with E-state index in [-0.39, 0.29) is 13.2 Å². The Balaban J connectivity index is 4.25. The molecule has 1 atom stereocenters. The van der Waals surface area contributed by atoms with Gasteiger partial charge in [-0.05, 0) is 12.8 Å². The van der Waals surface area contributed by atoms with E-state index in [4.69, 9.17) is 9.84 Å². The van der Waals surface area contributed by atoms with Crippen molar-refractivity contribution in [3.63, 3.8) is 0 Å². The number of aliphatic hydroxyl groups is 2. The fourth-order valence-electron chi connectivity index (χ4n) is 1.27. The van der Waals surface area contributed by atoms with Crippen LogP contribution in [0.15, 0.2) is 12.7 Å². The molecule has 0 aromatic heterocycles. The normalized spacial score (nSPS) is 14.2. The summed E-state index contributed by atoms with van der Waals surface area (Å²) in [6.45, 7) is 7.62. The van der Waals surface area contributed by atoms with Crippen LogP contribution in [0.2, 0.25) is 0 Å². The van der Waals surface area contributed by atoms with Crippen molar-refractivity contribution < 1.29 is 14.9 Å². The molecule has 13 heavy (non-hydrogen) atoms. The third-order valence-corrected chi connectivity index (χ3v) is 2.36. The van der Waals surface area contributed by atoms with Crippen LogP contribution in [-0.4, -0.2) is 35.1 Å². The van der Waals surface area contributed by atoms with Gasteiger partial charge in [-0.3, -0.25) is 0 Å². The van der Waals surface area contributed by atoms with E-state index < -0.39 is 11.7 Å². The highest BCUT2D eigenvalue weighted by Crippen LogP contribution is 2.22. The number of hydrogen-bond acceptors (Lipinski definition) is 3. The number of ether oxygens (including phenoxy) is 1. The van der Waals surface area contributed by atoms with Crippen molar-refractivity contribution in [1.29, 1.82) is 0 Å². The zero-order valence-corrected chi connectivity index (χ0v) is 8.49. The van der Waals surface area contributed by atoms with Crippen molar-refractivity contribution in [3.05, 3.63) is 12.7 Å². The Bertz CT molecular complexity index is 141. The summed E-state index contributed by atoms with van der Waals surface area (Å²) in [5, 5.41) is 18.6. The van der Waals surface area contributed by atoms with E-state index in [9.17, 15) is 5.11 Å². The Hall–Kier alpha value is -0.380. The van der Waals surface area contributed by atoms with Crippen molar-refractivity contribution >= 4 is 0 Å². The van der Waals surface area contributed by atoms with Crippen LogP contribution in [0.4, 0.5) is 0 Å². The fourth-order valence-corrected chi connectivity index (χ4v) is 1.27. The summed E-state index contributed by atoms with van der Waals surface area (Å²) in [7, 11) is 0. The molecule has 0 aromatic rings. The quantitative estimate of drug-likeness (QED) is 0.588. The number of rotatable bonds is 7. The smallest absolute Gasteiger partial charge is 0.104 e. The first kappa shape index (κ1) is 12.6. The van der Waals surface area contributed by atoms with Gasteiger partial charge in [0.15, 0.2) is 0 Å². The van der Waals surface area contributed by atoms with E-state index in [1.165, 1.54) is 0 Å². The summed E-state index contributed by atoms with van der Waals surface area (Å²) in [6.07, 6.45) is 2.43. The highest BCUT2D eigenvalue weighted by molar-refractivity contribution is 4.96. The second-order valence-corrected chi connectivity index (χ2v) is 3.06. The first-order chi connectivity index (χ1) is 6.14. The monoisotopic (exact) mass is 188 g/mol. The Kier molecular flexibility index (Phi) is 5.95. The predicted molar refractivity (Wildman–Crippen MR) is 52.6 cm³/mol. The second kappa shape index (κ2) is 6.13. The van der Waals surface area contributed by atoms with Gasteiger partial charge in [-0.25, -0.2) is 0 Å². The maximum Gasteiger partial charge on any atom is 0.104 e. The third-order valence-electron chi connectivity index (χ3n) is 2.36. The molecule has 78 valence electrons. The van der Waals surface area contributed by atoms with E-state index in [0.717, 1.165) is 0 Å². The van der Waals surface area contributed by atoms with Gasteiger partial charge in [-0.1, -0.05) is 19.9 Å². The summed E-state index contributed by atoms with van der Waals surface area (Å²) in [5.74, 6) is 0. The molecule has 1 unspecified atom stereocenters. The van der Waals surface area contributed by atoms with Crippen molar-refractivity contribution in [2.45, 2.75) is 38.4 Å². The standard InChI is InChI=1S/C10H20O3/c1-4-9(13-8-7-11)10(12,5-2)6-3/h4,9,11-12H,1,5-8H2,2-3H3.